The van der Waals surface area contributed by atoms with Gasteiger partial charge in [-0.05, 0) is 38.8 Å². The first kappa shape index (κ1) is 19.2. The van der Waals surface area contributed by atoms with E-state index in [1.165, 1.54) is 0 Å². The van der Waals surface area contributed by atoms with Crippen LogP contribution in [0.3, 0.4) is 0 Å². The van der Waals surface area contributed by atoms with Crippen LogP contribution in [0.4, 0.5) is 5.82 Å². The van der Waals surface area contributed by atoms with Crippen LogP contribution < -0.4 is 21.5 Å². The van der Waals surface area contributed by atoms with Crippen LogP contribution in [-0.2, 0) is 0 Å². The number of aromatic nitrogens is 3. The van der Waals surface area contributed by atoms with Crippen molar-refractivity contribution in [3.8, 4) is 17.6 Å². The van der Waals surface area contributed by atoms with Crippen LogP contribution in [-0.4, -0.2) is 40.8 Å². The summed E-state index contributed by atoms with van der Waals surface area (Å²) in [6.07, 6.45) is 3.21. The van der Waals surface area contributed by atoms with Crippen LogP contribution in [0, 0.1) is 31.1 Å². The third-order valence-corrected chi connectivity index (χ3v) is 5.03. The quantitative estimate of drug-likeness (QED) is 0.700. The van der Waals surface area contributed by atoms with E-state index in [-0.39, 0.29) is 18.1 Å². The maximum atomic E-state index is 9.26. The molecule has 3 heterocycles. The molecule has 0 bridgehead atoms. The fourth-order valence-electron chi connectivity index (χ4n) is 3.30. The molecule has 3 unspecified atom stereocenters. The van der Waals surface area contributed by atoms with E-state index in [1.807, 2.05) is 39.1 Å². The predicted octanol–water partition coefficient (Wildman–Crippen LogP) is 1.27. The Bertz CT molecular complexity index is 816. The van der Waals surface area contributed by atoms with Gasteiger partial charge in [0.15, 0.2) is 5.82 Å². The summed E-state index contributed by atoms with van der Waals surface area (Å²) in [6.45, 7) is 4.86. The number of hydrogen-bond acceptors (Lipinski definition) is 8. The topological polar surface area (TPSA) is 116 Å². The zero-order valence-corrected chi connectivity index (χ0v) is 16.0. The Morgan fingerprint density at radius 3 is 2.78 bits per heavy atom. The van der Waals surface area contributed by atoms with Crippen LogP contribution in [0.1, 0.15) is 24.1 Å². The van der Waals surface area contributed by atoms with Crippen molar-refractivity contribution < 1.29 is 0 Å². The monoisotopic (exact) mass is 366 g/mol. The Morgan fingerprint density at radius 1 is 1.26 bits per heavy atom. The first-order valence-corrected chi connectivity index (χ1v) is 9.15. The molecule has 1 saturated heterocycles. The summed E-state index contributed by atoms with van der Waals surface area (Å²) in [7, 11) is 2.03. The van der Waals surface area contributed by atoms with Gasteiger partial charge in [-0.3, -0.25) is 10.4 Å². The molecule has 27 heavy (non-hydrogen) atoms. The molecule has 3 rings (SSSR count). The number of nitriles is 1. The van der Waals surface area contributed by atoms with Gasteiger partial charge in [-0.15, -0.1) is 0 Å². The van der Waals surface area contributed by atoms with E-state index in [0.717, 1.165) is 42.2 Å². The largest absolute Gasteiger partial charge is 0.359 e. The SMILES string of the molecule is Cc1nc(-c2ccccn2)nc(N(C)CCCC2NNC(N)C2C#N)c1C. The lowest BCUT2D eigenvalue weighted by Gasteiger charge is -2.22. The first-order valence-electron chi connectivity index (χ1n) is 9.15. The fraction of sp³-hybridized carbons (Fsp3) is 0.474. The maximum Gasteiger partial charge on any atom is 0.180 e. The Hall–Kier alpha value is -2.60. The lowest BCUT2D eigenvalue weighted by Crippen LogP contribution is -2.38. The number of pyridine rings is 1. The van der Waals surface area contributed by atoms with Gasteiger partial charge in [0.25, 0.3) is 0 Å². The zero-order valence-electron chi connectivity index (χ0n) is 16.0. The smallest absolute Gasteiger partial charge is 0.180 e. The van der Waals surface area contributed by atoms with Gasteiger partial charge in [-0.1, -0.05) is 6.07 Å². The first-order chi connectivity index (χ1) is 13.0. The average Bonchev–Trinajstić information content (AvgIpc) is 3.04. The Kier molecular flexibility index (Phi) is 5.96. The summed E-state index contributed by atoms with van der Waals surface area (Å²) in [5.74, 6) is 1.33. The maximum absolute atomic E-state index is 9.26. The van der Waals surface area contributed by atoms with Crippen molar-refractivity contribution in [3.05, 3.63) is 35.7 Å². The Balaban J connectivity index is 1.68. The van der Waals surface area contributed by atoms with Gasteiger partial charge in [0.05, 0.1) is 18.2 Å². The average molecular weight is 366 g/mol. The molecule has 0 aliphatic carbocycles. The standard InChI is InChI=1S/C19H26N8/c1-12-13(2)23-18(16-7-4-5-9-22-16)24-19(12)27(3)10-6-8-15-14(11-20)17(21)26-25-15/h4-5,7,9,14-15,17,25-26H,6,8,10,21H2,1-3H3. The molecular formula is C19H26N8. The van der Waals surface area contributed by atoms with E-state index < -0.39 is 0 Å². The van der Waals surface area contributed by atoms with E-state index in [0.29, 0.717) is 5.82 Å². The third kappa shape index (κ3) is 4.22. The van der Waals surface area contributed by atoms with Crippen molar-refractivity contribution in [2.75, 3.05) is 18.5 Å². The molecular weight excluding hydrogens is 340 g/mol. The molecule has 142 valence electrons. The van der Waals surface area contributed by atoms with Crippen LogP contribution in [0.25, 0.3) is 11.5 Å². The van der Waals surface area contributed by atoms with Gasteiger partial charge in [0.2, 0.25) is 0 Å². The summed E-state index contributed by atoms with van der Waals surface area (Å²) >= 11 is 0. The number of hydrazine groups is 1. The molecule has 0 radical (unpaired) electrons. The second-order valence-electron chi connectivity index (χ2n) is 6.94. The van der Waals surface area contributed by atoms with Gasteiger partial charge in [-0.25, -0.2) is 15.4 Å². The van der Waals surface area contributed by atoms with E-state index in [9.17, 15) is 5.26 Å². The number of hydrogen-bond donors (Lipinski definition) is 3. The number of aryl methyl sites for hydroxylation is 1. The van der Waals surface area contributed by atoms with Gasteiger partial charge in [-0.2, -0.15) is 5.26 Å². The Labute approximate surface area is 159 Å². The van der Waals surface area contributed by atoms with Gasteiger partial charge < -0.3 is 10.6 Å². The number of nitrogens with one attached hydrogen (secondary N) is 2. The molecule has 1 aliphatic rings. The van der Waals surface area contributed by atoms with Gasteiger partial charge in [0.1, 0.15) is 11.5 Å². The van der Waals surface area contributed by atoms with E-state index in [1.54, 1.807) is 6.20 Å². The van der Waals surface area contributed by atoms with Crippen molar-refractivity contribution in [1.29, 1.82) is 5.26 Å². The molecule has 1 fully saturated rings. The second-order valence-corrected chi connectivity index (χ2v) is 6.94. The molecule has 2 aromatic heterocycles. The highest BCUT2D eigenvalue weighted by atomic mass is 15.5. The van der Waals surface area contributed by atoms with Crippen molar-refractivity contribution >= 4 is 5.82 Å². The van der Waals surface area contributed by atoms with Crippen molar-refractivity contribution in [1.82, 2.24) is 25.8 Å². The summed E-state index contributed by atoms with van der Waals surface area (Å²) in [6, 6.07) is 8.08. The minimum absolute atomic E-state index is 0.0655. The van der Waals surface area contributed by atoms with E-state index in [2.05, 4.69) is 31.8 Å². The van der Waals surface area contributed by atoms with E-state index in [4.69, 9.17) is 10.7 Å². The summed E-state index contributed by atoms with van der Waals surface area (Å²) in [4.78, 5) is 15.8. The molecule has 3 atom stereocenters. The number of rotatable bonds is 6. The minimum atomic E-state index is -0.314. The molecule has 0 spiro atoms. The molecule has 2 aromatic rings. The van der Waals surface area contributed by atoms with Crippen molar-refractivity contribution in [2.45, 2.75) is 38.9 Å². The molecule has 8 heteroatoms. The zero-order chi connectivity index (χ0) is 19.4. The number of nitrogens with zero attached hydrogens (tertiary/aromatic N) is 5. The van der Waals surface area contributed by atoms with Gasteiger partial charge in [0, 0.05) is 37.1 Å². The third-order valence-electron chi connectivity index (χ3n) is 5.03. The molecule has 1 aliphatic heterocycles. The van der Waals surface area contributed by atoms with Crippen LogP contribution in [0.15, 0.2) is 24.4 Å². The molecule has 4 N–H and O–H groups in total. The highest BCUT2D eigenvalue weighted by Crippen LogP contribution is 2.23. The fourth-order valence-corrected chi connectivity index (χ4v) is 3.30. The molecule has 0 amide bonds. The lowest BCUT2D eigenvalue weighted by molar-refractivity contribution is 0.463. The van der Waals surface area contributed by atoms with Crippen LogP contribution in [0.2, 0.25) is 0 Å². The van der Waals surface area contributed by atoms with Crippen molar-refractivity contribution in [3.63, 3.8) is 0 Å². The minimum Gasteiger partial charge on any atom is -0.359 e. The van der Waals surface area contributed by atoms with Gasteiger partial charge >= 0.3 is 0 Å². The normalized spacial score (nSPS) is 21.8. The number of nitrogens with two attached hydrogens (primary N) is 1. The number of anilines is 1. The lowest BCUT2D eigenvalue weighted by atomic mass is 9.97. The molecule has 0 aromatic carbocycles. The molecule has 8 nitrogen and oxygen atoms in total. The summed E-state index contributed by atoms with van der Waals surface area (Å²) < 4.78 is 0. The van der Waals surface area contributed by atoms with Crippen LogP contribution >= 0.6 is 0 Å². The highest BCUT2D eigenvalue weighted by Gasteiger charge is 2.33. The van der Waals surface area contributed by atoms with E-state index >= 15 is 0 Å². The van der Waals surface area contributed by atoms with Crippen molar-refractivity contribution in [2.24, 2.45) is 11.7 Å². The summed E-state index contributed by atoms with van der Waals surface area (Å²) in [5, 5.41) is 9.26. The predicted molar refractivity (Wildman–Crippen MR) is 104 cm³/mol. The van der Waals surface area contributed by atoms with Crippen LogP contribution in [0.5, 0.6) is 0 Å². The summed E-state index contributed by atoms with van der Waals surface area (Å²) in [5.41, 5.74) is 14.7. The highest BCUT2D eigenvalue weighted by molar-refractivity contribution is 5.56. The second kappa shape index (κ2) is 8.39. The Morgan fingerprint density at radius 2 is 2.07 bits per heavy atom. The molecule has 0 saturated carbocycles.